The predicted molar refractivity (Wildman–Crippen MR) is 84.9 cm³/mol. The van der Waals surface area contributed by atoms with Gasteiger partial charge in [0, 0.05) is 26.1 Å². The third-order valence-corrected chi connectivity index (χ3v) is 5.62. The topological polar surface area (TPSA) is 23.6 Å². The molecular weight excluding hydrogens is 279 g/mol. The van der Waals surface area contributed by atoms with Crippen LogP contribution in [0.4, 0.5) is 4.39 Å². The van der Waals surface area contributed by atoms with Crippen LogP contribution in [0.1, 0.15) is 44.6 Å². The molecule has 3 nitrogen and oxygen atoms in total. The fourth-order valence-corrected chi connectivity index (χ4v) is 4.49. The molecule has 3 rings (SSSR count). The van der Waals surface area contributed by atoms with E-state index in [0.717, 1.165) is 44.3 Å². The molecule has 2 heterocycles. The molecule has 1 aromatic rings. The van der Waals surface area contributed by atoms with E-state index in [1.165, 1.54) is 12.1 Å². The van der Waals surface area contributed by atoms with Gasteiger partial charge in [-0.25, -0.2) is 4.39 Å². The summed E-state index contributed by atoms with van der Waals surface area (Å²) in [6.07, 6.45) is 4.92. The fourth-order valence-electron chi connectivity index (χ4n) is 4.49. The second-order valence-corrected chi connectivity index (χ2v) is 6.68. The summed E-state index contributed by atoms with van der Waals surface area (Å²) in [5.74, 6) is 0.0918. The van der Waals surface area contributed by atoms with Crippen LogP contribution in [-0.4, -0.2) is 40.9 Å². The van der Waals surface area contributed by atoms with E-state index < -0.39 is 0 Å². The maximum Gasteiger partial charge on any atom is 0.222 e. The van der Waals surface area contributed by atoms with E-state index in [1.54, 1.807) is 0 Å². The average molecular weight is 304 g/mol. The SMILES string of the molecule is CC[C@@H]1N(Cc2ccc(F)cc2)CCC[C@]12CCC(=O)N2C. The van der Waals surface area contributed by atoms with Crippen molar-refractivity contribution in [1.29, 1.82) is 0 Å². The summed E-state index contributed by atoms with van der Waals surface area (Å²) in [5, 5.41) is 0. The molecule has 2 fully saturated rings. The number of benzene rings is 1. The van der Waals surface area contributed by atoms with Gasteiger partial charge in [-0.1, -0.05) is 19.1 Å². The molecule has 0 unspecified atom stereocenters. The molecule has 0 aliphatic carbocycles. The van der Waals surface area contributed by atoms with Crippen LogP contribution in [0.2, 0.25) is 0 Å². The van der Waals surface area contributed by atoms with Crippen LogP contribution in [0.15, 0.2) is 24.3 Å². The highest BCUT2D eigenvalue weighted by Gasteiger charge is 2.51. The summed E-state index contributed by atoms with van der Waals surface area (Å²) in [6, 6.07) is 7.19. The Bertz CT molecular complexity index is 545. The van der Waals surface area contributed by atoms with Crippen molar-refractivity contribution in [1.82, 2.24) is 9.80 Å². The first-order valence-electron chi connectivity index (χ1n) is 8.32. The van der Waals surface area contributed by atoms with Crippen molar-refractivity contribution in [3.63, 3.8) is 0 Å². The van der Waals surface area contributed by atoms with Crippen LogP contribution in [0, 0.1) is 5.82 Å². The van der Waals surface area contributed by atoms with Gasteiger partial charge >= 0.3 is 0 Å². The number of halogens is 1. The van der Waals surface area contributed by atoms with Crippen LogP contribution in [0.5, 0.6) is 0 Å². The van der Waals surface area contributed by atoms with Crippen molar-refractivity contribution in [2.45, 2.75) is 57.2 Å². The largest absolute Gasteiger partial charge is 0.338 e. The van der Waals surface area contributed by atoms with Gasteiger partial charge in [0.25, 0.3) is 0 Å². The molecule has 0 aromatic heterocycles. The Balaban J connectivity index is 1.82. The van der Waals surface area contributed by atoms with Crippen molar-refractivity contribution in [3.8, 4) is 0 Å². The van der Waals surface area contributed by atoms with Gasteiger partial charge in [-0.3, -0.25) is 9.69 Å². The highest BCUT2D eigenvalue weighted by molar-refractivity contribution is 5.79. The summed E-state index contributed by atoms with van der Waals surface area (Å²) in [7, 11) is 1.97. The molecule has 0 N–H and O–H groups in total. The number of hydrogen-bond acceptors (Lipinski definition) is 2. The Labute approximate surface area is 132 Å². The fraction of sp³-hybridized carbons (Fsp3) is 0.611. The van der Waals surface area contributed by atoms with E-state index in [-0.39, 0.29) is 17.3 Å². The van der Waals surface area contributed by atoms with Crippen molar-refractivity contribution >= 4 is 5.91 Å². The van der Waals surface area contributed by atoms with Gasteiger partial charge in [-0.15, -0.1) is 0 Å². The lowest BCUT2D eigenvalue weighted by Gasteiger charge is -2.51. The quantitative estimate of drug-likeness (QED) is 0.856. The molecule has 0 saturated carbocycles. The number of nitrogens with zero attached hydrogens (tertiary/aromatic N) is 2. The summed E-state index contributed by atoms with van der Waals surface area (Å²) in [6.45, 7) is 4.11. The Hall–Kier alpha value is -1.42. The van der Waals surface area contributed by atoms with Crippen LogP contribution < -0.4 is 0 Å². The first-order valence-corrected chi connectivity index (χ1v) is 8.32. The highest BCUT2D eigenvalue weighted by Crippen LogP contribution is 2.42. The summed E-state index contributed by atoms with van der Waals surface area (Å²) in [5.41, 5.74) is 1.15. The van der Waals surface area contributed by atoms with Crippen LogP contribution in [0.25, 0.3) is 0 Å². The lowest BCUT2D eigenvalue weighted by Crippen LogP contribution is -2.61. The van der Waals surface area contributed by atoms with Gasteiger partial charge in [0.15, 0.2) is 0 Å². The lowest BCUT2D eigenvalue weighted by molar-refractivity contribution is -0.133. The molecule has 22 heavy (non-hydrogen) atoms. The second-order valence-electron chi connectivity index (χ2n) is 6.68. The Morgan fingerprint density at radius 1 is 1.27 bits per heavy atom. The van der Waals surface area contributed by atoms with Gasteiger partial charge in [0.05, 0.1) is 5.54 Å². The number of rotatable bonds is 3. The van der Waals surface area contributed by atoms with Crippen molar-refractivity contribution < 1.29 is 9.18 Å². The van der Waals surface area contributed by atoms with E-state index in [0.29, 0.717) is 12.5 Å². The molecule has 0 radical (unpaired) electrons. The lowest BCUT2D eigenvalue weighted by atomic mass is 9.77. The van der Waals surface area contributed by atoms with Gasteiger partial charge in [0.1, 0.15) is 5.82 Å². The van der Waals surface area contributed by atoms with Crippen molar-refractivity contribution in [2.75, 3.05) is 13.6 Å². The molecular formula is C18H25FN2O. The average Bonchev–Trinajstić information content (AvgIpc) is 2.79. The smallest absolute Gasteiger partial charge is 0.222 e. The third kappa shape index (κ3) is 2.54. The minimum Gasteiger partial charge on any atom is -0.338 e. The molecule has 1 amide bonds. The van der Waals surface area contributed by atoms with Crippen molar-refractivity contribution in [3.05, 3.63) is 35.6 Å². The minimum atomic E-state index is -0.188. The monoisotopic (exact) mass is 304 g/mol. The molecule has 2 aliphatic rings. The molecule has 120 valence electrons. The van der Waals surface area contributed by atoms with Gasteiger partial charge in [0.2, 0.25) is 5.91 Å². The van der Waals surface area contributed by atoms with E-state index in [9.17, 15) is 9.18 Å². The summed E-state index contributed by atoms with van der Waals surface area (Å²) < 4.78 is 13.1. The highest BCUT2D eigenvalue weighted by atomic mass is 19.1. The molecule has 2 atom stereocenters. The molecule has 4 heteroatoms. The van der Waals surface area contributed by atoms with E-state index in [1.807, 2.05) is 24.1 Å². The molecule has 1 spiro atoms. The van der Waals surface area contributed by atoms with E-state index in [4.69, 9.17) is 0 Å². The molecule has 2 saturated heterocycles. The van der Waals surface area contributed by atoms with Crippen LogP contribution in [0.3, 0.4) is 0 Å². The number of likely N-dealkylation sites (tertiary alicyclic amines) is 2. The number of amides is 1. The maximum atomic E-state index is 13.1. The van der Waals surface area contributed by atoms with Crippen molar-refractivity contribution in [2.24, 2.45) is 0 Å². The minimum absolute atomic E-state index is 0.00408. The number of carbonyl (C=O) groups is 1. The Morgan fingerprint density at radius 3 is 2.59 bits per heavy atom. The van der Waals surface area contributed by atoms with Gasteiger partial charge in [-0.05, 0) is 49.9 Å². The summed E-state index contributed by atoms with van der Waals surface area (Å²) >= 11 is 0. The van der Waals surface area contributed by atoms with Gasteiger partial charge in [-0.2, -0.15) is 0 Å². The predicted octanol–water partition coefficient (Wildman–Crippen LogP) is 3.19. The second kappa shape index (κ2) is 5.99. The van der Waals surface area contributed by atoms with Crippen LogP contribution in [-0.2, 0) is 11.3 Å². The number of piperidine rings is 1. The Morgan fingerprint density at radius 2 is 2.00 bits per heavy atom. The summed E-state index contributed by atoms with van der Waals surface area (Å²) in [4.78, 5) is 16.6. The molecule has 1 aromatic carbocycles. The zero-order valence-corrected chi connectivity index (χ0v) is 13.5. The maximum absolute atomic E-state index is 13.1. The number of carbonyl (C=O) groups excluding carboxylic acids is 1. The van der Waals surface area contributed by atoms with Crippen LogP contribution >= 0.6 is 0 Å². The third-order valence-electron chi connectivity index (χ3n) is 5.62. The number of likely N-dealkylation sites (N-methyl/N-ethyl adjacent to an activating group) is 1. The zero-order chi connectivity index (χ0) is 15.7. The normalized spacial score (nSPS) is 29.5. The number of hydrogen-bond donors (Lipinski definition) is 0. The van der Waals surface area contributed by atoms with E-state index >= 15 is 0 Å². The molecule has 0 bridgehead atoms. The van der Waals surface area contributed by atoms with Gasteiger partial charge < -0.3 is 4.90 Å². The van der Waals surface area contributed by atoms with E-state index in [2.05, 4.69) is 11.8 Å². The molecule has 2 aliphatic heterocycles. The first kappa shape index (κ1) is 15.5. The first-order chi connectivity index (χ1) is 10.6. The zero-order valence-electron chi connectivity index (χ0n) is 13.5. The Kier molecular flexibility index (Phi) is 4.22. The standard InChI is InChI=1S/C18H25FN2O/c1-3-16-18(11-9-17(22)20(18)2)10-4-12-21(16)13-14-5-7-15(19)8-6-14/h5-8,16H,3-4,9-13H2,1-2H3/t16-,18-/m0/s1.